The van der Waals surface area contributed by atoms with Crippen LogP contribution in [0.3, 0.4) is 0 Å². The molecule has 0 amide bonds. The van der Waals surface area contributed by atoms with Crippen LogP contribution in [0, 0.1) is 0 Å². The molecule has 5 nitrogen and oxygen atoms in total. The normalized spacial score (nSPS) is 13.6. The Morgan fingerprint density at radius 3 is 2.70 bits per heavy atom. The molecule has 0 bridgehead atoms. The molecule has 20 heavy (non-hydrogen) atoms. The van der Waals surface area contributed by atoms with Crippen LogP contribution in [-0.4, -0.2) is 37.1 Å². The first-order valence-corrected chi connectivity index (χ1v) is 8.67. The summed E-state index contributed by atoms with van der Waals surface area (Å²) in [6.45, 7) is 2.14. The summed E-state index contributed by atoms with van der Waals surface area (Å²) in [6.07, 6.45) is 1.22. The lowest BCUT2D eigenvalue weighted by Crippen LogP contribution is -2.13. The number of hydrogen-bond donors (Lipinski definition) is 0. The minimum atomic E-state index is -3.05. The predicted molar refractivity (Wildman–Crippen MR) is 80.3 cm³/mol. The highest BCUT2D eigenvalue weighted by Crippen LogP contribution is 2.27. The van der Waals surface area contributed by atoms with E-state index >= 15 is 0 Å². The molecule has 0 fully saturated rings. The summed E-state index contributed by atoms with van der Waals surface area (Å²) in [5, 5.41) is -0.298. The van der Waals surface area contributed by atoms with Crippen LogP contribution >= 0.6 is 11.6 Å². The first-order valence-electron chi connectivity index (χ1n) is 6.18. The smallest absolute Gasteiger partial charge is 0.149 e. The molecule has 0 aliphatic heterocycles. The number of imidazole rings is 1. The van der Waals surface area contributed by atoms with Gasteiger partial charge in [0, 0.05) is 18.9 Å². The molecule has 1 aromatic carbocycles. The third-order valence-electron chi connectivity index (χ3n) is 3.03. The van der Waals surface area contributed by atoms with E-state index in [1.165, 1.54) is 6.26 Å². The quantitative estimate of drug-likeness (QED) is 0.795. The van der Waals surface area contributed by atoms with Crippen molar-refractivity contribution >= 4 is 32.5 Å². The van der Waals surface area contributed by atoms with Gasteiger partial charge in [-0.1, -0.05) is 0 Å². The number of halogens is 1. The highest BCUT2D eigenvalue weighted by Gasteiger charge is 2.16. The Balaban J connectivity index is 2.54. The lowest BCUT2D eigenvalue weighted by Gasteiger charge is -2.10. The number of aromatic nitrogens is 2. The second-order valence-corrected chi connectivity index (χ2v) is 7.64. The van der Waals surface area contributed by atoms with Crippen LogP contribution < -0.4 is 4.74 Å². The van der Waals surface area contributed by atoms with Gasteiger partial charge < -0.3 is 9.30 Å². The van der Waals surface area contributed by atoms with Gasteiger partial charge in [0.1, 0.15) is 21.4 Å². The Morgan fingerprint density at radius 1 is 1.45 bits per heavy atom. The highest BCUT2D eigenvalue weighted by atomic mass is 35.5. The third kappa shape index (κ3) is 3.24. The van der Waals surface area contributed by atoms with Gasteiger partial charge in [0.25, 0.3) is 0 Å². The number of methoxy groups -OCH3 is 1. The third-order valence-corrected chi connectivity index (χ3v) is 4.15. The molecule has 2 rings (SSSR count). The maximum atomic E-state index is 11.4. The molecule has 0 saturated carbocycles. The molecule has 2 aromatic rings. The molecule has 0 aliphatic carbocycles. The van der Waals surface area contributed by atoms with Crippen LogP contribution in [0.15, 0.2) is 18.2 Å². The average molecular weight is 317 g/mol. The van der Waals surface area contributed by atoms with Gasteiger partial charge >= 0.3 is 0 Å². The van der Waals surface area contributed by atoms with Crippen molar-refractivity contribution in [2.24, 2.45) is 0 Å². The second kappa shape index (κ2) is 5.61. The number of aryl methyl sites for hydroxylation is 1. The van der Waals surface area contributed by atoms with E-state index in [2.05, 4.69) is 4.98 Å². The molecular formula is C13H17ClN2O3S. The fraction of sp³-hybridized carbons (Fsp3) is 0.462. The van der Waals surface area contributed by atoms with Crippen molar-refractivity contribution in [3.8, 4) is 5.75 Å². The van der Waals surface area contributed by atoms with Gasteiger partial charge in [0.2, 0.25) is 0 Å². The summed E-state index contributed by atoms with van der Waals surface area (Å²) in [4.78, 5) is 4.47. The Bertz CT molecular complexity index is 723. The number of hydrogen-bond acceptors (Lipinski definition) is 4. The zero-order valence-corrected chi connectivity index (χ0v) is 13.2. The van der Waals surface area contributed by atoms with Crippen molar-refractivity contribution < 1.29 is 13.2 Å². The van der Waals surface area contributed by atoms with E-state index in [0.29, 0.717) is 18.1 Å². The van der Waals surface area contributed by atoms with Crippen LogP contribution in [0.5, 0.6) is 5.75 Å². The summed E-state index contributed by atoms with van der Waals surface area (Å²) in [5.74, 6) is 1.41. The van der Waals surface area contributed by atoms with E-state index in [1.807, 2.05) is 29.7 Å². The summed E-state index contributed by atoms with van der Waals surface area (Å²) < 4.78 is 29.8. The summed E-state index contributed by atoms with van der Waals surface area (Å²) in [7, 11) is -1.46. The van der Waals surface area contributed by atoms with Crippen LogP contribution in [0.1, 0.15) is 18.1 Å². The van der Waals surface area contributed by atoms with Gasteiger partial charge in [-0.15, -0.1) is 11.6 Å². The number of fused-ring (bicyclic) bond motifs is 1. The molecule has 1 aromatic heterocycles. The fourth-order valence-corrected chi connectivity index (χ4v) is 2.72. The molecule has 110 valence electrons. The number of benzene rings is 1. The molecule has 1 unspecified atom stereocenters. The van der Waals surface area contributed by atoms with Crippen LogP contribution in [0.4, 0.5) is 0 Å². The van der Waals surface area contributed by atoms with Crippen molar-refractivity contribution in [3.63, 3.8) is 0 Å². The highest BCUT2D eigenvalue weighted by molar-refractivity contribution is 7.90. The number of alkyl halides is 1. The monoisotopic (exact) mass is 316 g/mol. The van der Waals surface area contributed by atoms with E-state index in [-0.39, 0.29) is 11.1 Å². The van der Waals surface area contributed by atoms with Gasteiger partial charge in [-0.25, -0.2) is 13.4 Å². The first kappa shape index (κ1) is 15.1. The maximum Gasteiger partial charge on any atom is 0.149 e. The SMILES string of the molecule is COc1ccc2nc(C(C)Cl)n(CCS(C)(=O)=O)c2c1. The minimum absolute atomic E-state index is 0.0479. The molecule has 0 radical (unpaired) electrons. The van der Waals surface area contributed by atoms with Crippen molar-refractivity contribution in [1.82, 2.24) is 9.55 Å². The Kier molecular flexibility index (Phi) is 4.25. The second-order valence-electron chi connectivity index (χ2n) is 4.72. The van der Waals surface area contributed by atoms with Crippen molar-refractivity contribution in [2.45, 2.75) is 18.8 Å². The Hall–Kier alpha value is -1.27. The zero-order valence-electron chi connectivity index (χ0n) is 11.6. The van der Waals surface area contributed by atoms with E-state index in [9.17, 15) is 8.42 Å². The molecule has 1 atom stereocenters. The number of rotatable bonds is 5. The summed E-state index contributed by atoms with van der Waals surface area (Å²) >= 11 is 6.14. The van der Waals surface area contributed by atoms with Crippen LogP contribution in [0.2, 0.25) is 0 Å². The Morgan fingerprint density at radius 2 is 2.15 bits per heavy atom. The minimum Gasteiger partial charge on any atom is -0.497 e. The largest absolute Gasteiger partial charge is 0.497 e. The summed E-state index contributed by atoms with van der Waals surface area (Å²) in [5.41, 5.74) is 1.61. The first-order chi connectivity index (χ1) is 9.31. The predicted octanol–water partition coefficient (Wildman–Crippen LogP) is 2.39. The average Bonchev–Trinajstić information content (AvgIpc) is 2.73. The molecule has 0 saturated heterocycles. The molecule has 0 aliphatic rings. The number of ether oxygens (including phenoxy) is 1. The summed E-state index contributed by atoms with van der Waals surface area (Å²) in [6, 6.07) is 5.50. The number of nitrogens with zero attached hydrogens (tertiary/aromatic N) is 2. The van der Waals surface area contributed by atoms with E-state index in [0.717, 1.165) is 11.0 Å². The van der Waals surface area contributed by atoms with Gasteiger partial charge in [-0.3, -0.25) is 0 Å². The van der Waals surface area contributed by atoms with Crippen molar-refractivity contribution in [3.05, 3.63) is 24.0 Å². The van der Waals surface area contributed by atoms with E-state index in [4.69, 9.17) is 16.3 Å². The standard InChI is InChI=1S/C13H17ClN2O3S/c1-9(14)13-15-11-5-4-10(19-2)8-12(11)16(13)6-7-20(3,17)18/h4-5,8-9H,6-7H2,1-3H3. The lowest BCUT2D eigenvalue weighted by molar-refractivity contribution is 0.415. The van der Waals surface area contributed by atoms with Gasteiger partial charge in [0.15, 0.2) is 0 Å². The van der Waals surface area contributed by atoms with Gasteiger partial charge in [-0.2, -0.15) is 0 Å². The van der Waals surface area contributed by atoms with Gasteiger partial charge in [0.05, 0.1) is 29.3 Å². The molecular weight excluding hydrogens is 300 g/mol. The fourth-order valence-electron chi connectivity index (χ4n) is 2.04. The van der Waals surface area contributed by atoms with E-state index in [1.54, 1.807) is 7.11 Å². The maximum absolute atomic E-state index is 11.4. The molecule has 0 N–H and O–H groups in total. The molecule has 7 heteroatoms. The van der Waals surface area contributed by atoms with E-state index < -0.39 is 9.84 Å². The molecule has 0 spiro atoms. The molecule has 1 heterocycles. The zero-order chi connectivity index (χ0) is 14.9. The van der Waals surface area contributed by atoms with Gasteiger partial charge in [-0.05, 0) is 19.1 Å². The van der Waals surface area contributed by atoms with Crippen LogP contribution in [0.25, 0.3) is 11.0 Å². The number of sulfone groups is 1. The lowest BCUT2D eigenvalue weighted by atomic mass is 10.3. The van der Waals surface area contributed by atoms with Crippen LogP contribution in [-0.2, 0) is 16.4 Å². The van der Waals surface area contributed by atoms with Crippen molar-refractivity contribution in [2.75, 3.05) is 19.1 Å². The Labute approximate surface area is 123 Å². The van der Waals surface area contributed by atoms with Crippen molar-refractivity contribution in [1.29, 1.82) is 0 Å². The topological polar surface area (TPSA) is 61.2 Å².